The van der Waals surface area contributed by atoms with Gasteiger partial charge >= 0.3 is 0 Å². The number of anilines is 2. The van der Waals surface area contributed by atoms with Crippen molar-refractivity contribution < 1.29 is 14.0 Å². The number of hydrogen-bond donors (Lipinski definition) is 0. The third kappa shape index (κ3) is 4.38. The number of halogens is 2. The molecule has 4 rings (SSSR count). The summed E-state index contributed by atoms with van der Waals surface area (Å²) in [5.74, 6) is -0.721. The normalized spacial score (nSPS) is 17.4. The molecule has 1 heterocycles. The molecule has 1 aliphatic rings. The van der Waals surface area contributed by atoms with Crippen LogP contribution in [0.2, 0.25) is 5.02 Å². The molecule has 0 saturated carbocycles. The van der Waals surface area contributed by atoms with Crippen molar-refractivity contribution in [2.24, 2.45) is 0 Å². The van der Waals surface area contributed by atoms with Crippen molar-refractivity contribution >= 4 is 34.8 Å². The zero-order valence-electron chi connectivity index (χ0n) is 18.9. The van der Waals surface area contributed by atoms with Gasteiger partial charge in [-0.05, 0) is 73.4 Å². The maximum absolute atomic E-state index is 14.4. The molecule has 3 aromatic carbocycles. The second kappa shape index (κ2) is 9.36. The Morgan fingerprint density at radius 2 is 1.79 bits per heavy atom. The minimum Gasteiger partial charge on any atom is -0.305 e. The van der Waals surface area contributed by atoms with E-state index in [2.05, 4.69) is 0 Å². The van der Waals surface area contributed by atoms with Crippen LogP contribution >= 0.6 is 11.6 Å². The highest BCUT2D eigenvalue weighted by molar-refractivity contribution is 6.30. The number of nitrogens with zero attached hydrogens (tertiary/aromatic N) is 2. The Labute approximate surface area is 198 Å². The number of para-hydroxylation sites is 1. The lowest BCUT2D eigenvalue weighted by Crippen LogP contribution is -2.47. The minimum absolute atomic E-state index is 0.0960. The number of benzene rings is 3. The average Bonchev–Trinajstić information content (AvgIpc) is 2.80. The second-order valence-electron chi connectivity index (χ2n) is 8.36. The van der Waals surface area contributed by atoms with E-state index in [1.807, 2.05) is 50.2 Å². The summed E-state index contributed by atoms with van der Waals surface area (Å²) in [7, 11) is 0. The SMILES string of the molecule is CCc1ccc(C(=O)N2c3ccccc3C(N(C(C)=O)c3ccc(Cl)cc3)CC2C)cc1F. The molecule has 4 nitrogen and oxygen atoms in total. The summed E-state index contributed by atoms with van der Waals surface area (Å²) in [6.07, 6.45) is 1.11. The largest absolute Gasteiger partial charge is 0.305 e. The molecule has 0 spiro atoms. The zero-order valence-corrected chi connectivity index (χ0v) is 19.6. The van der Waals surface area contributed by atoms with Gasteiger partial charge in [0, 0.05) is 34.9 Å². The van der Waals surface area contributed by atoms with Gasteiger partial charge in [-0.3, -0.25) is 9.59 Å². The number of aryl methyl sites for hydroxylation is 1. The summed E-state index contributed by atoms with van der Waals surface area (Å²) in [6, 6.07) is 19.0. The minimum atomic E-state index is -0.371. The molecule has 0 radical (unpaired) electrons. The maximum atomic E-state index is 14.4. The number of fused-ring (bicyclic) bond motifs is 1. The van der Waals surface area contributed by atoms with Crippen LogP contribution in [0.25, 0.3) is 0 Å². The fourth-order valence-corrected chi connectivity index (χ4v) is 4.75. The molecule has 0 fully saturated rings. The third-order valence-corrected chi connectivity index (χ3v) is 6.47. The quantitative estimate of drug-likeness (QED) is 0.438. The van der Waals surface area contributed by atoms with Gasteiger partial charge in [0.2, 0.25) is 5.91 Å². The lowest BCUT2D eigenvalue weighted by atomic mass is 9.89. The molecule has 170 valence electrons. The standard InChI is InChI=1S/C27H26ClFN2O2/c1-4-19-9-10-20(16-24(19)29)27(33)30-17(2)15-26(23-7-5-6-8-25(23)30)31(18(3)32)22-13-11-21(28)12-14-22/h5-14,16-17,26H,4,15H2,1-3H3. The van der Waals surface area contributed by atoms with E-state index < -0.39 is 0 Å². The van der Waals surface area contributed by atoms with E-state index in [0.29, 0.717) is 29.0 Å². The molecule has 2 atom stereocenters. The number of rotatable bonds is 4. The van der Waals surface area contributed by atoms with Crippen LogP contribution in [0.5, 0.6) is 0 Å². The summed E-state index contributed by atoms with van der Waals surface area (Å²) in [6.45, 7) is 5.37. The first-order valence-corrected chi connectivity index (χ1v) is 11.5. The van der Waals surface area contributed by atoms with Crippen LogP contribution < -0.4 is 9.80 Å². The molecule has 2 unspecified atom stereocenters. The first kappa shape index (κ1) is 23.0. The van der Waals surface area contributed by atoms with Crippen LogP contribution in [0.1, 0.15) is 54.7 Å². The van der Waals surface area contributed by atoms with E-state index >= 15 is 0 Å². The Hall–Kier alpha value is -3.18. The Kier molecular flexibility index (Phi) is 6.52. The van der Waals surface area contributed by atoms with E-state index in [-0.39, 0.29) is 29.7 Å². The molecule has 0 saturated heterocycles. The molecular weight excluding hydrogens is 439 g/mol. The van der Waals surface area contributed by atoms with Gasteiger partial charge in [-0.2, -0.15) is 0 Å². The summed E-state index contributed by atoms with van der Waals surface area (Å²) in [4.78, 5) is 29.7. The Morgan fingerprint density at radius 3 is 2.42 bits per heavy atom. The van der Waals surface area contributed by atoms with Crippen molar-refractivity contribution in [2.45, 2.75) is 45.7 Å². The van der Waals surface area contributed by atoms with Gasteiger partial charge in [0.15, 0.2) is 0 Å². The molecule has 0 bridgehead atoms. The highest BCUT2D eigenvalue weighted by atomic mass is 35.5. The maximum Gasteiger partial charge on any atom is 0.258 e. The molecule has 2 amide bonds. The molecule has 0 aromatic heterocycles. The Bertz CT molecular complexity index is 1190. The van der Waals surface area contributed by atoms with Crippen molar-refractivity contribution in [2.75, 3.05) is 9.80 Å². The van der Waals surface area contributed by atoms with E-state index in [0.717, 1.165) is 16.9 Å². The monoisotopic (exact) mass is 464 g/mol. The molecule has 33 heavy (non-hydrogen) atoms. The van der Waals surface area contributed by atoms with Crippen LogP contribution in [0, 0.1) is 5.82 Å². The Balaban J connectivity index is 1.76. The van der Waals surface area contributed by atoms with Crippen LogP contribution in [0.15, 0.2) is 66.7 Å². The third-order valence-electron chi connectivity index (χ3n) is 6.22. The lowest BCUT2D eigenvalue weighted by molar-refractivity contribution is -0.117. The summed E-state index contributed by atoms with van der Waals surface area (Å²) >= 11 is 6.05. The molecule has 0 N–H and O–H groups in total. The van der Waals surface area contributed by atoms with Gasteiger partial charge < -0.3 is 9.80 Å². The van der Waals surface area contributed by atoms with Crippen LogP contribution in [-0.4, -0.2) is 17.9 Å². The summed E-state index contributed by atoms with van der Waals surface area (Å²) in [5, 5.41) is 0.595. The van der Waals surface area contributed by atoms with Gasteiger partial charge in [-0.25, -0.2) is 4.39 Å². The van der Waals surface area contributed by atoms with E-state index in [1.54, 1.807) is 34.1 Å². The first-order valence-electron chi connectivity index (χ1n) is 11.1. The summed E-state index contributed by atoms with van der Waals surface area (Å²) in [5.41, 5.74) is 3.24. The fraction of sp³-hybridized carbons (Fsp3) is 0.259. The highest BCUT2D eigenvalue weighted by Crippen LogP contribution is 2.42. The predicted octanol–water partition coefficient (Wildman–Crippen LogP) is 6.57. The van der Waals surface area contributed by atoms with E-state index in [4.69, 9.17) is 11.6 Å². The van der Waals surface area contributed by atoms with Gasteiger partial charge in [-0.15, -0.1) is 0 Å². The van der Waals surface area contributed by atoms with Crippen molar-refractivity contribution in [3.63, 3.8) is 0 Å². The lowest BCUT2D eigenvalue weighted by Gasteiger charge is -2.43. The van der Waals surface area contributed by atoms with Crippen molar-refractivity contribution in [1.82, 2.24) is 0 Å². The number of hydrogen-bond acceptors (Lipinski definition) is 2. The smallest absolute Gasteiger partial charge is 0.258 e. The first-order chi connectivity index (χ1) is 15.8. The van der Waals surface area contributed by atoms with Crippen LogP contribution in [0.4, 0.5) is 15.8 Å². The number of amides is 2. The van der Waals surface area contributed by atoms with E-state index in [1.165, 1.54) is 13.0 Å². The molecule has 6 heteroatoms. The topological polar surface area (TPSA) is 40.6 Å². The van der Waals surface area contributed by atoms with Crippen molar-refractivity contribution in [3.05, 3.63) is 94.3 Å². The van der Waals surface area contributed by atoms with Crippen molar-refractivity contribution in [3.8, 4) is 0 Å². The molecule has 3 aromatic rings. The fourth-order valence-electron chi connectivity index (χ4n) is 4.62. The van der Waals surface area contributed by atoms with Gasteiger partial charge in [0.25, 0.3) is 5.91 Å². The average molecular weight is 465 g/mol. The number of carbonyl (C=O) groups excluding carboxylic acids is 2. The van der Waals surface area contributed by atoms with Gasteiger partial charge in [0.1, 0.15) is 5.82 Å². The van der Waals surface area contributed by atoms with Gasteiger partial charge in [-0.1, -0.05) is 42.8 Å². The molecular formula is C27H26ClFN2O2. The van der Waals surface area contributed by atoms with Crippen LogP contribution in [0.3, 0.4) is 0 Å². The number of carbonyl (C=O) groups is 2. The van der Waals surface area contributed by atoms with E-state index in [9.17, 15) is 14.0 Å². The Morgan fingerprint density at radius 1 is 1.09 bits per heavy atom. The predicted molar refractivity (Wildman–Crippen MR) is 130 cm³/mol. The zero-order chi connectivity index (χ0) is 23.7. The highest BCUT2D eigenvalue weighted by Gasteiger charge is 2.38. The molecule has 0 aliphatic carbocycles. The summed E-state index contributed by atoms with van der Waals surface area (Å²) < 4.78 is 14.4. The van der Waals surface area contributed by atoms with Crippen LogP contribution in [-0.2, 0) is 11.2 Å². The second-order valence-corrected chi connectivity index (χ2v) is 8.80. The molecule has 1 aliphatic heterocycles. The van der Waals surface area contributed by atoms with Gasteiger partial charge in [0.05, 0.1) is 6.04 Å². The van der Waals surface area contributed by atoms with Crippen molar-refractivity contribution in [1.29, 1.82) is 0 Å².